The second-order valence-corrected chi connectivity index (χ2v) is 3.43. The molecule has 0 spiro atoms. The summed E-state index contributed by atoms with van der Waals surface area (Å²) in [5.41, 5.74) is 3.43. The highest BCUT2D eigenvalue weighted by Gasteiger charge is 1.98. The Hall–Kier alpha value is -1.57. The van der Waals surface area contributed by atoms with Crippen molar-refractivity contribution in [2.45, 2.75) is 6.92 Å². The predicted octanol–water partition coefficient (Wildman–Crippen LogP) is 2.27. The maximum atomic E-state index is 10.2. The Morgan fingerprint density at radius 2 is 2.00 bits per heavy atom. The van der Waals surface area contributed by atoms with Crippen molar-refractivity contribution >= 4 is 18.0 Å². The van der Waals surface area contributed by atoms with Crippen molar-refractivity contribution in [2.24, 2.45) is 0 Å². The van der Waals surface area contributed by atoms with Crippen molar-refractivity contribution in [3.63, 3.8) is 0 Å². The quantitative estimate of drug-likeness (QED) is 0.537. The first-order chi connectivity index (χ1) is 6.65. The summed E-state index contributed by atoms with van der Waals surface area (Å²) >= 11 is 0. The molecule has 1 aromatic rings. The van der Waals surface area contributed by atoms with Crippen LogP contribution in [0.2, 0.25) is 0 Å². The van der Waals surface area contributed by atoms with Crippen LogP contribution in [-0.2, 0) is 4.79 Å². The van der Waals surface area contributed by atoms with E-state index in [4.69, 9.17) is 0 Å². The van der Waals surface area contributed by atoms with E-state index < -0.39 is 0 Å². The van der Waals surface area contributed by atoms with E-state index in [9.17, 15) is 4.79 Å². The molecule has 0 amide bonds. The minimum Gasteiger partial charge on any atom is -0.378 e. The molecule has 0 unspecified atom stereocenters. The molecule has 14 heavy (non-hydrogen) atoms. The van der Waals surface area contributed by atoms with Gasteiger partial charge in [0.1, 0.15) is 6.29 Å². The van der Waals surface area contributed by atoms with Crippen LogP contribution in [0.3, 0.4) is 0 Å². The van der Waals surface area contributed by atoms with Gasteiger partial charge in [0.05, 0.1) is 0 Å². The third-order valence-electron chi connectivity index (χ3n) is 2.12. The van der Waals surface area contributed by atoms with E-state index in [1.807, 2.05) is 39.2 Å². The molecule has 0 atom stereocenters. The molecule has 0 N–H and O–H groups in total. The first-order valence-electron chi connectivity index (χ1n) is 4.55. The summed E-state index contributed by atoms with van der Waals surface area (Å²) in [5, 5.41) is 0. The fraction of sp³-hybridized carbons (Fsp3) is 0.250. The van der Waals surface area contributed by atoms with Gasteiger partial charge in [0.15, 0.2) is 0 Å². The molecule has 74 valence electrons. The first kappa shape index (κ1) is 10.5. The Morgan fingerprint density at radius 3 is 2.50 bits per heavy atom. The third kappa shape index (κ3) is 2.46. The molecule has 0 fully saturated rings. The third-order valence-corrected chi connectivity index (χ3v) is 2.12. The Labute approximate surface area is 84.9 Å². The molecule has 2 nitrogen and oxygen atoms in total. The number of benzene rings is 1. The molecular formula is C12H15NO. The van der Waals surface area contributed by atoms with Gasteiger partial charge in [-0.2, -0.15) is 0 Å². The highest BCUT2D eigenvalue weighted by Crippen LogP contribution is 2.18. The topological polar surface area (TPSA) is 20.3 Å². The molecule has 2 heteroatoms. The second-order valence-electron chi connectivity index (χ2n) is 3.43. The van der Waals surface area contributed by atoms with Gasteiger partial charge in [0, 0.05) is 19.8 Å². The lowest BCUT2D eigenvalue weighted by atomic mass is 10.1. The molecule has 0 aliphatic rings. The number of hydrogen-bond acceptors (Lipinski definition) is 2. The van der Waals surface area contributed by atoms with Gasteiger partial charge in [-0.05, 0) is 36.3 Å². The van der Waals surface area contributed by atoms with E-state index in [2.05, 4.69) is 11.0 Å². The van der Waals surface area contributed by atoms with Crippen LogP contribution in [0.4, 0.5) is 5.69 Å². The standard InChI is InChI=1S/C12H15NO/c1-10-9-12(13(2)3)7-6-11(10)5-4-8-14/h4-9H,1-3H3/b5-4+. The number of anilines is 1. The van der Waals surface area contributed by atoms with Crippen LogP contribution in [0, 0.1) is 6.92 Å². The van der Waals surface area contributed by atoms with Gasteiger partial charge < -0.3 is 4.90 Å². The van der Waals surface area contributed by atoms with E-state index >= 15 is 0 Å². The highest BCUT2D eigenvalue weighted by atomic mass is 16.1. The summed E-state index contributed by atoms with van der Waals surface area (Å²) in [6.45, 7) is 2.04. The number of rotatable bonds is 3. The van der Waals surface area contributed by atoms with Crippen LogP contribution < -0.4 is 4.90 Å². The van der Waals surface area contributed by atoms with Crippen LogP contribution in [0.25, 0.3) is 6.08 Å². The van der Waals surface area contributed by atoms with Crippen molar-refractivity contribution in [2.75, 3.05) is 19.0 Å². The number of aldehydes is 1. The van der Waals surface area contributed by atoms with Gasteiger partial charge in [-0.1, -0.05) is 12.1 Å². The number of hydrogen-bond donors (Lipinski definition) is 0. The highest BCUT2D eigenvalue weighted by molar-refractivity contribution is 5.75. The Kier molecular flexibility index (Phi) is 3.46. The van der Waals surface area contributed by atoms with Gasteiger partial charge in [0.25, 0.3) is 0 Å². The SMILES string of the molecule is Cc1cc(N(C)C)ccc1/C=C/C=O. The zero-order valence-electron chi connectivity index (χ0n) is 8.82. The van der Waals surface area contributed by atoms with E-state index in [1.54, 1.807) is 0 Å². The largest absolute Gasteiger partial charge is 0.378 e. The molecule has 1 rings (SSSR count). The minimum atomic E-state index is 0.791. The lowest BCUT2D eigenvalue weighted by Gasteiger charge is -2.13. The zero-order valence-corrected chi connectivity index (χ0v) is 8.82. The monoisotopic (exact) mass is 189 g/mol. The first-order valence-corrected chi connectivity index (χ1v) is 4.55. The Balaban J connectivity index is 3.01. The summed E-state index contributed by atoms with van der Waals surface area (Å²) < 4.78 is 0. The van der Waals surface area contributed by atoms with Crippen molar-refractivity contribution in [1.82, 2.24) is 0 Å². The number of carbonyl (C=O) groups is 1. The van der Waals surface area contributed by atoms with E-state index in [0.717, 1.165) is 11.8 Å². The molecule has 0 radical (unpaired) electrons. The summed E-state index contributed by atoms with van der Waals surface area (Å²) in [6, 6.07) is 6.16. The van der Waals surface area contributed by atoms with E-state index in [1.165, 1.54) is 17.3 Å². The molecular weight excluding hydrogens is 174 g/mol. The van der Waals surface area contributed by atoms with Crippen molar-refractivity contribution in [3.8, 4) is 0 Å². The molecule has 0 aliphatic carbocycles. The summed E-state index contributed by atoms with van der Waals surface area (Å²) in [5.74, 6) is 0. The fourth-order valence-corrected chi connectivity index (χ4v) is 1.27. The fourth-order valence-electron chi connectivity index (χ4n) is 1.27. The Morgan fingerprint density at radius 1 is 1.29 bits per heavy atom. The minimum absolute atomic E-state index is 0.791. The van der Waals surface area contributed by atoms with Gasteiger partial charge in [-0.25, -0.2) is 0 Å². The van der Waals surface area contributed by atoms with Gasteiger partial charge in [0.2, 0.25) is 0 Å². The van der Waals surface area contributed by atoms with Crippen LogP contribution >= 0.6 is 0 Å². The maximum absolute atomic E-state index is 10.2. The summed E-state index contributed by atoms with van der Waals surface area (Å²) in [4.78, 5) is 12.2. The van der Waals surface area contributed by atoms with Crippen LogP contribution in [0.15, 0.2) is 24.3 Å². The molecule has 0 bridgehead atoms. The average Bonchev–Trinajstić information content (AvgIpc) is 2.15. The molecule has 0 aromatic heterocycles. The van der Waals surface area contributed by atoms with Crippen LogP contribution in [0.5, 0.6) is 0 Å². The second kappa shape index (κ2) is 4.61. The van der Waals surface area contributed by atoms with Crippen molar-refractivity contribution in [1.29, 1.82) is 0 Å². The molecule has 0 aliphatic heterocycles. The van der Waals surface area contributed by atoms with E-state index in [-0.39, 0.29) is 0 Å². The maximum Gasteiger partial charge on any atom is 0.142 e. The van der Waals surface area contributed by atoms with E-state index in [0.29, 0.717) is 0 Å². The molecule has 0 heterocycles. The van der Waals surface area contributed by atoms with Crippen LogP contribution in [-0.4, -0.2) is 20.4 Å². The summed E-state index contributed by atoms with van der Waals surface area (Å²) in [7, 11) is 4.02. The van der Waals surface area contributed by atoms with Gasteiger partial charge >= 0.3 is 0 Å². The number of nitrogens with zero attached hydrogens (tertiary/aromatic N) is 1. The van der Waals surface area contributed by atoms with Crippen LogP contribution in [0.1, 0.15) is 11.1 Å². The van der Waals surface area contributed by atoms with Gasteiger partial charge in [-0.15, -0.1) is 0 Å². The lowest BCUT2D eigenvalue weighted by molar-refractivity contribution is -0.104. The summed E-state index contributed by atoms with van der Waals surface area (Å²) in [6.07, 6.45) is 4.12. The molecule has 0 saturated carbocycles. The Bertz CT molecular complexity index is 353. The van der Waals surface area contributed by atoms with Gasteiger partial charge in [-0.3, -0.25) is 4.79 Å². The van der Waals surface area contributed by atoms with Crippen molar-refractivity contribution < 1.29 is 4.79 Å². The normalized spacial score (nSPS) is 10.5. The van der Waals surface area contributed by atoms with Crippen molar-refractivity contribution in [3.05, 3.63) is 35.4 Å². The smallest absolute Gasteiger partial charge is 0.142 e. The zero-order chi connectivity index (χ0) is 10.6. The number of aryl methyl sites for hydroxylation is 1. The lowest BCUT2D eigenvalue weighted by Crippen LogP contribution is -2.08. The molecule has 1 aromatic carbocycles. The number of allylic oxidation sites excluding steroid dienone is 1. The number of carbonyl (C=O) groups excluding carboxylic acids is 1. The average molecular weight is 189 g/mol. The predicted molar refractivity (Wildman–Crippen MR) is 60.6 cm³/mol. The molecule has 0 saturated heterocycles.